The zero-order valence-electron chi connectivity index (χ0n) is 6.15. The molecule has 2 heteroatoms. The van der Waals surface area contributed by atoms with Gasteiger partial charge in [-0.3, -0.25) is 0 Å². The molecule has 0 aromatic heterocycles. The first-order chi connectivity index (χ1) is 4.31. The van der Waals surface area contributed by atoms with Crippen LogP contribution in [-0.4, -0.2) is 12.8 Å². The van der Waals surface area contributed by atoms with E-state index in [2.05, 4.69) is 16.9 Å². The third kappa shape index (κ3) is 5.07. The summed E-state index contributed by atoms with van der Waals surface area (Å²) in [5.41, 5.74) is 0. The zero-order valence-corrected chi connectivity index (χ0v) is 6.15. The Morgan fingerprint density at radius 2 is 2.33 bits per heavy atom. The molecule has 0 spiro atoms. The minimum absolute atomic E-state index is 0.749. The van der Waals surface area contributed by atoms with Crippen LogP contribution in [0.15, 0.2) is 17.4 Å². The van der Waals surface area contributed by atoms with Gasteiger partial charge in [0.05, 0.1) is 0 Å². The first kappa shape index (κ1) is 8.21. The second-order valence-corrected chi connectivity index (χ2v) is 1.70. The summed E-state index contributed by atoms with van der Waals surface area (Å²) < 4.78 is 0. The van der Waals surface area contributed by atoms with Crippen molar-refractivity contribution in [1.29, 1.82) is 0 Å². The van der Waals surface area contributed by atoms with Gasteiger partial charge < -0.3 is 5.32 Å². The first-order valence-corrected chi connectivity index (χ1v) is 3.26. The van der Waals surface area contributed by atoms with Crippen LogP contribution >= 0.6 is 0 Å². The topological polar surface area (TPSA) is 24.4 Å². The minimum atomic E-state index is 0.749. The van der Waals surface area contributed by atoms with Gasteiger partial charge in [-0.15, -0.1) is 0 Å². The van der Waals surface area contributed by atoms with Gasteiger partial charge in [-0.1, -0.05) is 13.5 Å². The second kappa shape index (κ2) is 5.35. The minimum Gasteiger partial charge on any atom is -0.371 e. The van der Waals surface area contributed by atoms with Crippen molar-refractivity contribution in [1.82, 2.24) is 5.32 Å². The van der Waals surface area contributed by atoms with Crippen molar-refractivity contribution in [3.8, 4) is 0 Å². The predicted octanol–water partition coefficient (Wildman–Crippen LogP) is 1.55. The third-order valence-corrected chi connectivity index (χ3v) is 0.811. The van der Waals surface area contributed by atoms with Crippen LogP contribution in [0.2, 0.25) is 0 Å². The summed E-state index contributed by atoms with van der Waals surface area (Å²) in [6.45, 7) is 8.63. The Bertz CT molecular complexity index is 105. The Balaban J connectivity index is 3.37. The van der Waals surface area contributed by atoms with Gasteiger partial charge in [0.15, 0.2) is 0 Å². The molecule has 0 aromatic carbocycles. The molecule has 0 saturated heterocycles. The molecule has 0 amide bonds. The smallest absolute Gasteiger partial charge is 0.118 e. The molecule has 0 heterocycles. The number of hydrogen-bond donors (Lipinski definition) is 1. The van der Waals surface area contributed by atoms with E-state index in [4.69, 9.17) is 0 Å². The number of nitrogens with one attached hydrogen (secondary N) is 1. The molecule has 9 heavy (non-hydrogen) atoms. The van der Waals surface area contributed by atoms with Gasteiger partial charge in [0.25, 0.3) is 0 Å². The lowest BCUT2D eigenvalue weighted by molar-refractivity contribution is 0.846. The number of hydrogen-bond acceptors (Lipinski definition) is 2. The van der Waals surface area contributed by atoms with Crippen LogP contribution in [0.5, 0.6) is 0 Å². The molecule has 0 aliphatic carbocycles. The standard InChI is InChI=1S/C7H14N2/c1-4-6-9-7(3)8-5-2/h6,8H,3-5H2,1-2H3/b9-6-. The van der Waals surface area contributed by atoms with E-state index in [0.717, 1.165) is 18.8 Å². The van der Waals surface area contributed by atoms with Crippen molar-refractivity contribution in [3.63, 3.8) is 0 Å². The number of aliphatic imine (C=N–C) groups is 1. The van der Waals surface area contributed by atoms with Crippen molar-refractivity contribution >= 4 is 6.21 Å². The quantitative estimate of drug-likeness (QED) is 0.568. The lowest BCUT2D eigenvalue weighted by Crippen LogP contribution is -2.08. The Kier molecular flexibility index (Phi) is 4.88. The molecule has 0 aromatic rings. The van der Waals surface area contributed by atoms with E-state index in [1.54, 1.807) is 0 Å². The maximum atomic E-state index is 4.00. The molecular weight excluding hydrogens is 112 g/mol. The molecule has 0 aliphatic heterocycles. The van der Waals surface area contributed by atoms with Crippen molar-refractivity contribution in [2.24, 2.45) is 4.99 Å². The molecule has 0 atom stereocenters. The Hall–Kier alpha value is -0.790. The summed E-state index contributed by atoms with van der Waals surface area (Å²) in [4.78, 5) is 4.00. The van der Waals surface area contributed by atoms with Crippen LogP contribution in [0.3, 0.4) is 0 Å². The van der Waals surface area contributed by atoms with E-state index in [1.807, 2.05) is 20.1 Å². The number of rotatable bonds is 4. The highest BCUT2D eigenvalue weighted by Gasteiger charge is 1.79. The monoisotopic (exact) mass is 126 g/mol. The average molecular weight is 126 g/mol. The van der Waals surface area contributed by atoms with Gasteiger partial charge in [0.1, 0.15) is 5.82 Å². The first-order valence-electron chi connectivity index (χ1n) is 3.26. The molecule has 0 radical (unpaired) electrons. The van der Waals surface area contributed by atoms with Crippen LogP contribution in [0.4, 0.5) is 0 Å². The van der Waals surface area contributed by atoms with Crippen molar-refractivity contribution < 1.29 is 0 Å². The lowest BCUT2D eigenvalue weighted by atomic mass is 10.5. The fourth-order valence-corrected chi connectivity index (χ4v) is 0.451. The Morgan fingerprint density at radius 3 is 2.78 bits per heavy atom. The highest BCUT2D eigenvalue weighted by Crippen LogP contribution is 1.83. The largest absolute Gasteiger partial charge is 0.371 e. The molecule has 1 N–H and O–H groups in total. The van der Waals surface area contributed by atoms with Crippen molar-refractivity contribution in [2.75, 3.05) is 6.54 Å². The summed E-state index contributed by atoms with van der Waals surface area (Å²) in [6, 6.07) is 0. The fourth-order valence-electron chi connectivity index (χ4n) is 0.451. The SMILES string of the molecule is C=C(/N=C\CC)NCC. The summed E-state index contributed by atoms with van der Waals surface area (Å²) >= 11 is 0. The summed E-state index contributed by atoms with van der Waals surface area (Å²) in [5.74, 6) is 0.749. The lowest BCUT2D eigenvalue weighted by Gasteiger charge is -1.97. The number of nitrogens with zero attached hydrogens (tertiary/aromatic N) is 1. The van der Waals surface area contributed by atoms with Gasteiger partial charge in [0, 0.05) is 12.8 Å². The molecule has 0 bridgehead atoms. The van der Waals surface area contributed by atoms with E-state index in [-0.39, 0.29) is 0 Å². The second-order valence-electron chi connectivity index (χ2n) is 1.70. The average Bonchev–Trinajstić information content (AvgIpc) is 1.85. The van der Waals surface area contributed by atoms with E-state index in [1.165, 1.54) is 0 Å². The molecule has 0 aliphatic rings. The summed E-state index contributed by atoms with van der Waals surface area (Å²) in [5, 5.41) is 2.99. The Morgan fingerprint density at radius 1 is 1.67 bits per heavy atom. The third-order valence-electron chi connectivity index (χ3n) is 0.811. The highest BCUT2D eigenvalue weighted by molar-refractivity contribution is 5.57. The van der Waals surface area contributed by atoms with Gasteiger partial charge in [-0.05, 0) is 13.3 Å². The van der Waals surface area contributed by atoms with Crippen LogP contribution < -0.4 is 5.32 Å². The van der Waals surface area contributed by atoms with Crippen LogP contribution in [0.1, 0.15) is 20.3 Å². The molecule has 2 nitrogen and oxygen atoms in total. The van der Waals surface area contributed by atoms with Crippen molar-refractivity contribution in [2.45, 2.75) is 20.3 Å². The predicted molar refractivity (Wildman–Crippen MR) is 41.6 cm³/mol. The molecule has 0 fully saturated rings. The van der Waals surface area contributed by atoms with Gasteiger partial charge in [-0.25, -0.2) is 4.99 Å². The molecule has 0 rings (SSSR count). The summed E-state index contributed by atoms with van der Waals surface area (Å²) in [7, 11) is 0. The molecular formula is C7H14N2. The van der Waals surface area contributed by atoms with Crippen molar-refractivity contribution in [3.05, 3.63) is 12.4 Å². The van der Waals surface area contributed by atoms with Gasteiger partial charge in [0.2, 0.25) is 0 Å². The van der Waals surface area contributed by atoms with E-state index in [0.29, 0.717) is 0 Å². The van der Waals surface area contributed by atoms with E-state index >= 15 is 0 Å². The Labute approximate surface area is 56.7 Å². The zero-order chi connectivity index (χ0) is 7.11. The van der Waals surface area contributed by atoms with Crippen LogP contribution in [0, 0.1) is 0 Å². The fraction of sp³-hybridized carbons (Fsp3) is 0.571. The van der Waals surface area contributed by atoms with Crippen LogP contribution in [0.25, 0.3) is 0 Å². The van der Waals surface area contributed by atoms with E-state index in [9.17, 15) is 0 Å². The van der Waals surface area contributed by atoms with E-state index < -0.39 is 0 Å². The van der Waals surface area contributed by atoms with Gasteiger partial charge >= 0.3 is 0 Å². The normalized spacial score (nSPS) is 10.0. The maximum Gasteiger partial charge on any atom is 0.118 e. The summed E-state index contributed by atoms with van der Waals surface area (Å²) in [6.07, 6.45) is 2.80. The maximum absolute atomic E-state index is 4.00. The molecule has 52 valence electrons. The van der Waals surface area contributed by atoms with Gasteiger partial charge in [-0.2, -0.15) is 0 Å². The van der Waals surface area contributed by atoms with Crippen LogP contribution in [-0.2, 0) is 0 Å². The molecule has 0 saturated carbocycles. The highest BCUT2D eigenvalue weighted by atomic mass is 15.0. The molecule has 0 unspecified atom stereocenters.